The Balaban J connectivity index is 2.81. The average Bonchev–Trinajstić information content (AvgIpc) is 2.80. The molecule has 0 fully saturated rings. The lowest BCUT2D eigenvalue weighted by Gasteiger charge is -2.08. The zero-order valence-corrected chi connectivity index (χ0v) is 17.0. The topological polar surface area (TPSA) is 40.5 Å². The van der Waals surface area contributed by atoms with Gasteiger partial charge in [0.15, 0.2) is 0 Å². The number of fused-ring (bicyclic) bond motifs is 1. The number of rotatable bonds is 6. The highest BCUT2D eigenvalue weighted by Gasteiger charge is 2.24. The third kappa shape index (κ3) is 3.21. The van der Waals surface area contributed by atoms with Crippen LogP contribution in [0.2, 0.25) is 0 Å². The summed E-state index contributed by atoms with van der Waals surface area (Å²) in [6.07, 6.45) is 0. The van der Waals surface area contributed by atoms with E-state index in [1.165, 1.54) is 0 Å². The van der Waals surface area contributed by atoms with E-state index in [4.69, 9.17) is 9.47 Å². The van der Waals surface area contributed by atoms with Crippen molar-refractivity contribution < 1.29 is 14.3 Å². The first-order chi connectivity index (χ1) is 10.6. The molecule has 0 N–H and O–H groups in total. The van der Waals surface area contributed by atoms with Gasteiger partial charge in [-0.1, -0.05) is 31.9 Å². The lowest BCUT2D eigenvalue weighted by atomic mass is 10.1. The second-order valence-electron chi connectivity index (χ2n) is 4.52. The van der Waals surface area contributed by atoms with E-state index in [1.54, 1.807) is 14.0 Å². The molecule has 0 aliphatic carbocycles. The van der Waals surface area contributed by atoms with Crippen molar-refractivity contribution in [2.75, 3.05) is 19.0 Å². The molecular formula is C15H16Br3NO3. The van der Waals surface area contributed by atoms with Crippen LogP contribution in [0.5, 0.6) is 5.75 Å². The maximum Gasteiger partial charge on any atom is 0.340 e. The zero-order chi connectivity index (χ0) is 16.3. The SMILES string of the molecule is CCOC(=O)c1c(CBr)n(CCBr)c2cc(Br)c(OC)cc12. The maximum absolute atomic E-state index is 12.4. The van der Waals surface area contributed by atoms with E-state index >= 15 is 0 Å². The monoisotopic (exact) mass is 495 g/mol. The molecule has 22 heavy (non-hydrogen) atoms. The van der Waals surface area contributed by atoms with E-state index in [1.807, 2.05) is 12.1 Å². The van der Waals surface area contributed by atoms with Crippen molar-refractivity contribution in [3.63, 3.8) is 0 Å². The summed E-state index contributed by atoms with van der Waals surface area (Å²) >= 11 is 10.5. The fourth-order valence-electron chi connectivity index (χ4n) is 2.47. The number of nitrogens with zero attached hydrogens (tertiary/aromatic N) is 1. The Morgan fingerprint density at radius 3 is 2.59 bits per heavy atom. The van der Waals surface area contributed by atoms with Gasteiger partial charge in [0.1, 0.15) is 5.75 Å². The molecule has 2 aromatic rings. The van der Waals surface area contributed by atoms with Crippen molar-refractivity contribution in [3.8, 4) is 5.75 Å². The van der Waals surface area contributed by atoms with Crippen molar-refractivity contribution in [1.29, 1.82) is 0 Å². The molecule has 0 saturated carbocycles. The van der Waals surface area contributed by atoms with Gasteiger partial charge >= 0.3 is 5.97 Å². The number of ether oxygens (including phenoxy) is 2. The molecule has 7 heteroatoms. The molecule has 2 rings (SSSR count). The lowest BCUT2D eigenvalue weighted by Crippen LogP contribution is -2.09. The summed E-state index contributed by atoms with van der Waals surface area (Å²) in [5.74, 6) is 0.384. The van der Waals surface area contributed by atoms with E-state index < -0.39 is 0 Å². The number of alkyl halides is 2. The van der Waals surface area contributed by atoms with Crippen LogP contribution in [0.1, 0.15) is 23.0 Å². The van der Waals surface area contributed by atoms with Gasteiger partial charge in [0.2, 0.25) is 0 Å². The molecule has 0 unspecified atom stereocenters. The van der Waals surface area contributed by atoms with Crippen LogP contribution in [0.15, 0.2) is 16.6 Å². The molecule has 0 spiro atoms. The molecular weight excluding hydrogens is 482 g/mol. The van der Waals surface area contributed by atoms with Crippen LogP contribution < -0.4 is 4.74 Å². The second-order valence-corrected chi connectivity index (χ2v) is 6.73. The van der Waals surface area contributed by atoms with Gasteiger partial charge in [-0.25, -0.2) is 4.79 Å². The highest BCUT2D eigenvalue weighted by Crippen LogP contribution is 2.36. The van der Waals surface area contributed by atoms with Gasteiger partial charge in [0.25, 0.3) is 0 Å². The number of esters is 1. The highest BCUT2D eigenvalue weighted by atomic mass is 79.9. The van der Waals surface area contributed by atoms with Crippen molar-refractivity contribution in [2.24, 2.45) is 0 Å². The first-order valence-corrected chi connectivity index (χ1v) is 9.80. The van der Waals surface area contributed by atoms with Crippen LogP contribution in [-0.2, 0) is 16.6 Å². The van der Waals surface area contributed by atoms with E-state index in [2.05, 4.69) is 52.4 Å². The van der Waals surface area contributed by atoms with E-state index in [0.717, 1.165) is 32.9 Å². The average molecular weight is 498 g/mol. The second kappa shape index (κ2) is 7.84. The summed E-state index contributed by atoms with van der Waals surface area (Å²) in [7, 11) is 1.61. The van der Waals surface area contributed by atoms with E-state index in [0.29, 0.717) is 23.2 Å². The number of benzene rings is 1. The summed E-state index contributed by atoms with van der Waals surface area (Å²) < 4.78 is 13.6. The summed E-state index contributed by atoms with van der Waals surface area (Å²) in [5, 5.41) is 2.21. The van der Waals surface area contributed by atoms with E-state index in [-0.39, 0.29) is 5.97 Å². The first-order valence-electron chi connectivity index (χ1n) is 6.76. The van der Waals surface area contributed by atoms with Gasteiger partial charge in [0.05, 0.1) is 29.3 Å². The minimum Gasteiger partial charge on any atom is -0.496 e. The Hall–Kier alpha value is -0.530. The molecule has 4 nitrogen and oxygen atoms in total. The lowest BCUT2D eigenvalue weighted by molar-refractivity contribution is 0.0527. The Bertz CT molecular complexity index is 697. The summed E-state index contributed by atoms with van der Waals surface area (Å²) in [6.45, 7) is 2.91. The van der Waals surface area contributed by atoms with Crippen molar-refractivity contribution in [2.45, 2.75) is 18.8 Å². The summed E-state index contributed by atoms with van der Waals surface area (Å²) in [4.78, 5) is 12.4. The standard InChI is InChI=1S/C15H16Br3NO3/c1-3-22-15(20)14-9-6-13(21-2)10(18)7-11(9)19(5-4-16)12(14)8-17/h6-7H,3-5,8H2,1-2H3. The number of methoxy groups -OCH3 is 1. The zero-order valence-electron chi connectivity index (χ0n) is 12.3. The third-order valence-electron chi connectivity index (χ3n) is 3.36. The number of aryl methyl sites for hydroxylation is 1. The summed E-state index contributed by atoms with van der Waals surface area (Å²) in [5.41, 5.74) is 2.48. The Morgan fingerprint density at radius 1 is 1.32 bits per heavy atom. The largest absolute Gasteiger partial charge is 0.496 e. The van der Waals surface area contributed by atoms with Crippen molar-refractivity contribution in [3.05, 3.63) is 27.9 Å². The molecule has 0 radical (unpaired) electrons. The summed E-state index contributed by atoms with van der Waals surface area (Å²) in [6, 6.07) is 3.86. The van der Waals surface area contributed by atoms with Gasteiger partial charge in [0, 0.05) is 28.3 Å². The molecule has 0 atom stereocenters. The molecule has 0 amide bonds. The molecule has 1 aromatic carbocycles. The van der Waals surface area contributed by atoms with Gasteiger partial charge in [-0.05, 0) is 35.0 Å². The molecule has 1 aromatic heterocycles. The number of hydrogen-bond donors (Lipinski definition) is 0. The molecule has 1 heterocycles. The van der Waals surface area contributed by atoms with Crippen molar-refractivity contribution in [1.82, 2.24) is 4.57 Å². The van der Waals surface area contributed by atoms with E-state index in [9.17, 15) is 4.79 Å². The van der Waals surface area contributed by atoms with Gasteiger partial charge < -0.3 is 14.0 Å². The Morgan fingerprint density at radius 2 is 2.05 bits per heavy atom. The van der Waals surface area contributed by atoms with Crippen LogP contribution in [0.25, 0.3) is 10.9 Å². The molecule has 0 aliphatic heterocycles. The number of carbonyl (C=O) groups excluding carboxylic acids is 1. The van der Waals surface area contributed by atoms with Gasteiger partial charge in [-0.15, -0.1) is 0 Å². The van der Waals surface area contributed by atoms with Crippen LogP contribution in [0, 0.1) is 0 Å². The molecule has 0 aliphatic rings. The fraction of sp³-hybridized carbons (Fsp3) is 0.400. The van der Waals surface area contributed by atoms with Crippen LogP contribution >= 0.6 is 47.8 Å². The fourth-order valence-corrected chi connectivity index (χ4v) is 3.90. The number of hydrogen-bond acceptors (Lipinski definition) is 3. The normalized spacial score (nSPS) is 11.0. The quantitative estimate of drug-likeness (QED) is 0.422. The van der Waals surface area contributed by atoms with Gasteiger partial charge in [-0.2, -0.15) is 0 Å². The Kier molecular flexibility index (Phi) is 6.35. The smallest absolute Gasteiger partial charge is 0.340 e. The maximum atomic E-state index is 12.4. The molecule has 0 bridgehead atoms. The number of halogens is 3. The molecule has 120 valence electrons. The Labute approximate surface area is 154 Å². The number of aromatic nitrogens is 1. The highest BCUT2D eigenvalue weighted by molar-refractivity contribution is 9.10. The van der Waals surface area contributed by atoms with Gasteiger partial charge in [-0.3, -0.25) is 0 Å². The van der Waals surface area contributed by atoms with Crippen molar-refractivity contribution >= 4 is 64.7 Å². The van der Waals surface area contributed by atoms with Crippen LogP contribution in [0.3, 0.4) is 0 Å². The minimum atomic E-state index is -0.306. The predicted molar refractivity (Wildman–Crippen MR) is 98.6 cm³/mol. The third-order valence-corrected chi connectivity index (χ3v) is 4.86. The first kappa shape index (κ1) is 17.8. The predicted octanol–water partition coefficient (Wildman–Crippen LogP) is 4.88. The number of carbonyl (C=O) groups is 1. The van der Waals surface area contributed by atoms with Crippen LogP contribution in [-0.4, -0.2) is 29.6 Å². The van der Waals surface area contributed by atoms with Crippen LogP contribution in [0.4, 0.5) is 0 Å². The molecule has 0 saturated heterocycles. The minimum absolute atomic E-state index is 0.306.